The number of nitrogens with one attached hydrogen (secondary N) is 1. The van der Waals surface area contributed by atoms with Crippen LogP contribution in [0.15, 0.2) is 103 Å². The van der Waals surface area contributed by atoms with Crippen molar-refractivity contribution in [2.24, 2.45) is 0 Å². The highest BCUT2D eigenvalue weighted by atomic mass is 16.4. The topological polar surface area (TPSA) is 86.7 Å². The summed E-state index contributed by atoms with van der Waals surface area (Å²) in [6, 6.07) is 32.3. The summed E-state index contributed by atoms with van der Waals surface area (Å²) in [5, 5.41) is 12.4. The number of benzene rings is 4. The monoisotopic (exact) mass is 548 g/mol. The molecule has 0 unspecified atom stereocenters. The first kappa shape index (κ1) is 29.3. The van der Waals surface area contributed by atoms with Gasteiger partial charge in [-0.15, -0.1) is 0 Å². The summed E-state index contributed by atoms with van der Waals surface area (Å²) in [5.41, 5.74) is 5.50. The summed E-state index contributed by atoms with van der Waals surface area (Å²) in [7, 11) is 0. The molecule has 4 aromatic rings. The molecule has 41 heavy (non-hydrogen) atoms. The van der Waals surface area contributed by atoms with Gasteiger partial charge in [-0.3, -0.25) is 14.4 Å². The number of carboxylic acid groups (broad SMARTS) is 1. The first-order chi connectivity index (χ1) is 19.8. The fraction of sp³-hybridized carbons (Fsp3) is 0.229. The van der Waals surface area contributed by atoms with Gasteiger partial charge in [0.1, 0.15) is 0 Å². The van der Waals surface area contributed by atoms with Crippen LogP contribution in [0.3, 0.4) is 0 Å². The normalized spacial score (nSPS) is 11.5. The average molecular weight is 549 g/mol. The molecule has 0 fully saturated rings. The molecule has 0 radical (unpaired) electrons. The van der Waals surface area contributed by atoms with Crippen LogP contribution < -0.4 is 5.32 Å². The van der Waals surface area contributed by atoms with Crippen molar-refractivity contribution in [2.45, 2.75) is 39.2 Å². The van der Waals surface area contributed by atoms with Gasteiger partial charge in [-0.1, -0.05) is 96.6 Å². The van der Waals surface area contributed by atoms with Crippen molar-refractivity contribution in [3.8, 4) is 11.1 Å². The maximum Gasteiger partial charge on any atom is 0.305 e. The van der Waals surface area contributed by atoms with Crippen molar-refractivity contribution in [3.05, 3.63) is 131 Å². The molecule has 6 heteroatoms. The summed E-state index contributed by atoms with van der Waals surface area (Å²) in [5.74, 6) is -1.44. The van der Waals surface area contributed by atoms with Gasteiger partial charge in [-0.2, -0.15) is 0 Å². The molecule has 0 aromatic heterocycles. The molecular formula is C35H36N2O4. The molecule has 0 aliphatic rings. The van der Waals surface area contributed by atoms with Gasteiger partial charge >= 0.3 is 5.97 Å². The Balaban J connectivity index is 1.58. The number of carbonyl (C=O) groups excluding carboxylic acids is 2. The van der Waals surface area contributed by atoms with Gasteiger partial charge in [0, 0.05) is 24.2 Å². The predicted octanol–water partition coefficient (Wildman–Crippen LogP) is 6.70. The molecule has 6 nitrogen and oxygen atoms in total. The van der Waals surface area contributed by atoms with E-state index in [0.29, 0.717) is 35.2 Å². The van der Waals surface area contributed by atoms with Crippen LogP contribution in [0.1, 0.15) is 63.2 Å². The molecule has 2 amide bonds. The van der Waals surface area contributed by atoms with E-state index in [4.69, 9.17) is 0 Å². The average Bonchev–Trinajstić information content (AvgIpc) is 2.99. The van der Waals surface area contributed by atoms with Crippen LogP contribution in [-0.2, 0) is 11.2 Å². The van der Waals surface area contributed by atoms with Gasteiger partial charge in [0.15, 0.2) is 0 Å². The lowest BCUT2D eigenvalue weighted by molar-refractivity contribution is -0.137. The van der Waals surface area contributed by atoms with E-state index in [9.17, 15) is 19.5 Å². The highest BCUT2D eigenvalue weighted by Gasteiger charge is 2.23. The van der Waals surface area contributed by atoms with Crippen LogP contribution in [0.2, 0.25) is 0 Å². The van der Waals surface area contributed by atoms with E-state index in [1.165, 1.54) is 5.56 Å². The largest absolute Gasteiger partial charge is 0.481 e. The smallest absolute Gasteiger partial charge is 0.305 e. The quantitative estimate of drug-likeness (QED) is 0.206. The van der Waals surface area contributed by atoms with Crippen molar-refractivity contribution in [1.29, 1.82) is 0 Å². The van der Waals surface area contributed by atoms with E-state index < -0.39 is 5.97 Å². The lowest BCUT2D eigenvalue weighted by Crippen LogP contribution is -2.34. The van der Waals surface area contributed by atoms with Crippen LogP contribution in [0.5, 0.6) is 0 Å². The number of aryl methyl sites for hydroxylation is 2. The van der Waals surface area contributed by atoms with Crippen LogP contribution in [0.25, 0.3) is 11.1 Å². The lowest BCUT2D eigenvalue weighted by Gasteiger charge is -2.24. The van der Waals surface area contributed by atoms with Gasteiger partial charge in [-0.25, -0.2) is 0 Å². The molecule has 0 aliphatic heterocycles. The zero-order chi connectivity index (χ0) is 29.2. The zero-order valence-corrected chi connectivity index (χ0v) is 23.5. The van der Waals surface area contributed by atoms with Crippen LogP contribution in [0.4, 0.5) is 0 Å². The number of hydrogen-bond acceptors (Lipinski definition) is 3. The Morgan fingerprint density at radius 1 is 0.756 bits per heavy atom. The van der Waals surface area contributed by atoms with Gasteiger partial charge in [0.05, 0.1) is 12.5 Å². The Labute approximate surface area is 241 Å². The molecule has 4 rings (SSSR count). The number of amides is 2. The van der Waals surface area contributed by atoms with E-state index in [0.717, 1.165) is 17.5 Å². The summed E-state index contributed by atoms with van der Waals surface area (Å²) in [6.45, 7) is 4.49. The molecule has 0 saturated heterocycles. The molecule has 0 aliphatic carbocycles. The van der Waals surface area contributed by atoms with Gasteiger partial charge < -0.3 is 15.3 Å². The number of hydrogen-bond donors (Lipinski definition) is 2. The number of nitrogens with zero attached hydrogens (tertiary/aromatic N) is 1. The Hall–Kier alpha value is -4.71. The van der Waals surface area contributed by atoms with Crippen LogP contribution in [-0.4, -0.2) is 40.9 Å². The minimum Gasteiger partial charge on any atom is -0.481 e. The molecule has 1 atom stereocenters. The van der Waals surface area contributed by atoms with Gasteiger partial charge in [0.2, 0.25) is 0 Å². The highest BCUT2D eigenvalue weighted by molar-refractivity contribution is 6.06. The maximum absolute atomic E-state index is 13.9. The Morgan fingerprint density at radius 3 is 2.00 bits per heavy atom. The van der Waals surface area contributed by atoms with E-state index in [1.807, 2.05) is 98.8 Å². The fourth-order valence-electron chi connectivity index (χ4n) is 4.87. The van der Waals surface area contributed by atoms with Crippen molar-refractivity contribution >= 4 is 17.8 Å². The van der Waals surface area contributed by atoms with Crippen molar-refractivity contribution in [2.75, 3.05) is 13.1 Å². The maximum atomic E-state index is 13.9. The van der Waals surface area contributed by atoms with Crippen molar-refractivity contribution in [1.82, 2.24) is 10.2 Å². The highest BCUT2D eigenvalue weighted by Crippen LogP contribution is 2.29. The molecule has 0 heterocycles. The lowest BCUT2D eigenvalue weighted by atomic mass is 9.94. The van der Waals surface area contributed by atoms with Gasteiger partial charge in [0.25, 0.3) is 11.8 Å². The Morgan fingerprint density at radius 2 is 1.34 bits per heavy atom. The minimum absolute atomic E-state index is 0.105. The number of rotatable bonds is 12. The minimum atomic E-state index is -0.955. The number of carbonyl (C=O) groups is 3. The summed E-state index contributed by atoms with van der Waals surface area (Å²) in [4.78, 5) is 40.4. The third-order valence-corrected chi connectivity index (χ3v) is 7.16. The molecule has 0 bridgehead atoms. The van der Waals surface area contributed by atoms with E-state index in [1.54, 1.807) is 23.1 Å². The summed E-state index contributed by atoms with van der Waals surface area (Å²) >= 11 is 0. The van der Waals surface area contributed by atoms with E-state index in [-0.39, 0.29) is 30.8 Å². The summed E-state index contributed by atoms with van der Waals surface area (Å²) in [6.07, 6.45) is 1.34. The number of aliphatic carboxylic acids is 1. The fourth-order valence-corrected chi connectivity index (χ4v) is 4.87. The molecule has 4 aromatic carbocycles. The summed E-state index contributed by atoms with van der Waals surface area (Å²) < 4.78 is 0. The van der Waals surface area contributed by atoms with Crippen LogP contribution >= 0.6 is 0 Å². The van der Waals surface area contributed by atoms with E-state index >= 15 is 0 Å². The van der Waals surface area contributed by atoms with Gasteiger partial charge in [-0.05, 0) is 61.1 Å². The third kappa shape index (κ3) is 7.92. The standard InChI is InChI=1S/C35H36N2O4/c1-25-18-20-28(21-19-25)26(2)36-34(40)31-16-8-6-14-29(31)30-15-7-9-17-32(30)35(41)37(24-22-33(38)39)23-10-13-27-11-4-3-5-12-27/h3-9,11-12,14-21,26H,10,13,22-24H2,1-2H3,(H,36,40)(H,38,39)/t26-/m1/s1. The second-order valence-electron chi connectivity index (χ2n) is 10.2. The second kappa shape index (κ2) is 14.1. The second-order valence-corrected chi connectivity index (χ2v) is 10.2. The first-order valence-corrected chi connectivity index (χ1v) is 13.9. The molecule has 2 N–H and O–H groups in total. The Kier molecular flexibility index (Phi) is 10.1. The first-order valence-electron chi connectivity index (χ1n) is 13.9. The number of carboxylic acids is 1. The van der Waals surface area contributed by atoms with E-state index in [2.05, 4.69) is 5.32 Å². The third-order valence-electron chi connectivity index (χ3n) is 7.16. The Bertz CT molecular complexity index is 1480. The molecule has 0 saturated carbocycles. The van der Waals surface area contributed by atoms with Crippen molar-refractivity contribution < 1.29 is 19.5 Å². The predicted molar refractivity (Wildman–Crippen MR) is 162 cm³/mol. The zero-order valence-electron chi connectivity index (χ0n) is 23.5. The molecule has 210 valence electrons. The van der Waals surface area contributed by atoms with Crippen LogP contribution in [0, 0.1) is 6.92 Å². The van der Waals surface area contributed by atoms with Crippen molar-refractivity contribution in [3.63, 3.8) is 0 Å². The SMILES string of the molecule is Cc1ccc([C@@H](C)NC(=O)c2ccccc2-c2ccccc2C(=O)N(CCCc2ccccc2)CCC(=O)O)cc1. The molecular weight excluding hydrogens is 512 g/mol. The molecule has 0 spiro atoms.